The number of aromatic nitrogens is 1. The van der Waals surface area contributed by atoms with Crippen LogP contribution in [0.15, 0.2) is 18.2 Å². The average Bonchev–Trinajstić information content (AvgIpc) is 3.43. The molecule has 1 aromatic heterocycles. The van der Waals surface area contributed by atoms with E-state index in [1.165, 1.54) is 0 Å². The van der Waals surface area contributed by atoms with E-state index in [9.17, 15) is 14.4 Å². The maximum absolute atomic E-state index is 12.9. The van der Waals surface area contributed by atoms with Crippen LogP contribution in [0.1, 0.15) is 48.6 Å². The first-order valence-corrected chi connectivity index (χ1v) is 10.4. The molecule has 3 aromatic rings. The van der Waals surface area contributed by atoms with Gasteiger partial charge < -0.3 is 9.72 Å². The van der Waals surface area contributed by atoms with Gasteiger partial charge in [-0.3, -0.25) is 24.6 Å². The Kier molecular flexibility index (Phi) is 3.85. The number of aromatic amines is 1. The maximum Gasteiger partial charge on any atom is 0.259 e. The van der Waals surface area contributed by atoms with Gasteiger partial charge in [0.1, 0.15) is 0 Å². The van der Waals surface area contributed by atoms with Crippen LogP contribution in [0.2, 0.25) is 0 Å². The van der Waals surface area contributed by atoms with Crippen LogP contribution in [0, 0.1) is 0 Å². The highest BCUT2D eigenvalue weighted by Gasteiger charge is 2.36. The number of imide groups is 1. The SMILES string of the molecule is O=C(CN1CCOCC1)c1ccc2[nH]c3c4c(c5c(c3c2c1)C(=O)NC5=O)CCC4. The lowest BCUT2D eigenvalue weighted by Gasteiger charge is -2.25. The van der Waals surface area contributed by atoms with Crippen molar-refractivity contribution < 1.29 is 19.1 Å². The van der Waals surface area contributed by atoms with E-state index in [4.69, 9.17) is 4.74 Å². The number of ketones is 1. The number of hydrogen-bond donors (Lipinski definition) is 2. The van der Waals surface area contributed by atoms with E-state index in [2.05, 4.69) is 15.2 Å². The highest BCUT2D eigenvalue weighted by Crippen LogP contribution is 2.41. The Hall–Kier alpha value is -3.03. The van der Waals surface area contributed by atoms with Crippen molar-refractivity contribution >= 4 is 39.4 Å². The number of H-pyrrole nitrogens is 1. The molecule has 0 bridgehead atoms. The van der Waals surface area contributed by atoms with Crippen LogP contribution < -0.4 is 5.32 Å². The molecule has 7 nitrogen and oxygen atoms in total. The number of morpholine rings is 1. The number of amides is 2. The Labute approximate surface area is 172 Å². The molecule has 0 atom stereocenters. The summed E-state index contributed by atoms with van der Waals surface area (Å²) < 4.78 is 5.36. The largest absolute Gasteiger partial charge is 0.379 e. The number of nitrogens with zero attached hydrogens (tertiary/aromatic N) is 1. The molecule has 0 unspecified atom stereocenters. The molecule has 1 fully saturated rings. The molecule has 2 amide bonds. The normalized spacial score (nSPS) is 18.8. The minimum atomic E-state index is -0.347. The van der Waals surface area contributed by atoms with Crippen molar-refractivity contribution in [3.05, 3.63) is 46.0 Å². The Bertz CT molecular complexity index is 1270. The zero-order chi connectivity index (χ0) is 20.4. The quantitative estimate of drug-likeness (QED) is 0.517. The predicted molar refractivity (Wildman–Crippen MR) is 111 cm³/mol. The standard InChI is InChI=1S/C23H21N3O4/c27-17(11-26-6-8-30-9-7-26)12-4-5-16-15(10-12)18-20-19(22(28)25-23(20)29)13-2-1-3-14(13)21(18)24-16/h4-5,10,24H,1-3,6-9,11H2,(H,25,28,29). The second-order valence-electron chi connectivity index (χ2n) is 8.29. The van der Waals surface area contributed by atoms with Gasteiger partial charge >= 0.3 is 0 Å². The number of nitrogens with one attached hydrogen (secondary N) is 2. The van der Waals surface area contributed by atoms with Crippen molar-refractivity contribution in [3.63, 3.8) is 0 Å². The van der Waals surface area contributed by atoms with E-state index in [-0.39, 0.29) is 17.6 Å². The van der Waals surface area contributed by atoms with Gasteiger partial charge in [-0.15, -0.1) is 0 Å². The predicted octanol–water partition coefficient (Wildman–Crippen LogP) is 2.21. The third-order valence-corrected chi connectivity index (χ3v) is 6.59. The summed E-state index contributed by atoms with van der Waals surface area (Å²) in [6, 6.07) is 5.62. The molecule has 3 aliphatic rings. The summed E-state index contributed by atoms with van der Waals surface area (Å²) in [4.78, 5) is 43.7. The molecule has 0 spiro atoms. The number of hydrogen-bond acceptors (Lipinski definition) is 5. The molecule has 152 valence electrons. The van der Waals surface area contributed by atoms with Crippen LogP contribution in [0.5, 0.6) is 0 Å². The van der Waals surface area contributed by atoms with Crippen LogP contribution in [0.25, 0.3) is 21.8 Å². The lowest BCUT2D eigenvalue weighted by atomic mass is 9.93. The number of ether oxygens (including phenoxy) is 1. The Morgan fingerprint density at radius 2 is 1.80 bits per heavy atom. The molecule has 7 heteroatoms. The monoisotopic (exact) mass is 403 g/mol. The topological polar surface area (TPSA) is 91.5 Å². The molecule has 2 N–H and O–H groups in total. The summed E-state index contributed by atoms with van der Waals surface area (Å²) in [6.45, 7) is 3.15. The number of aryl methyl sites for hydroxylation is 1. The van der Waals surface area contributed by atoms with Crippen molar-refractivity contribution in [2.75, 3.05) is 32.8 Å². The summed E-state index contributed by atoms with van der Waals surface area (Å²) >= 11 is 0. The molecule has 1 aliphatic carbocycles. The number of carbonyl (C=O) groups is 3. The number of Topliss-reactive ketones (excluding diaryl/α,β-unsaturated/α-hetero) is 1. The number of fused-ring (bicyclic) bond motifs is 8. The molecule has 3 heterocycles. The first-order valence-electron chi connectivity index (χ1n) is 10.4. The number of rotatable bonds is 3. The molecule has 2 aromatic carbocycles. The van der Waals surface area contributed by atoms with Crippen LogP contribution in [-0.4, -0.2) is 60.3 Å². The lowest BCUT2D eigenvalue weighted by molar-refractivity contribution is 0.0371. The zero-order valence-electron chi connectivity index (χ0n) is 16.5. The van der Waals surface area contributed by atoms with Gasteiger partial charge in [-0.05, 0) is 48.6 Å². The fraction of sp³-hybridized carbons (Fsp3) is 0.348. The van der Waals surface area contributed by atoms with Gasteiger partial charge in [0, 0.05) is 34.9 Å². The van der Waals surface area contributed by atoms with E-state index in [1.807, 2.05) is 18.2 Å². The van der Waals surface area contributed by atoms with Gasteiger partial charge in [0.25, 0.3) is 11.8 Å². The molecular weight excluding hydrogens is 382 g/mol. The lowest BCUT2D eigenvalue weighted by Crippen LogP contribution is -2.39. The van der Waals surface area contributed by atoms with Gasteiger partial charge in [0.2, 0.25) is 0 Å². The van der Waals surface area contributed by atoms with Crippen molar-refractivity contribution in [1.82, 2.24) is 15.2 Å². The van der Waals surface area contributed by atoms with Gasteiger partial charge in [0.05, 0.1) is 36.4 Å². The van der Waals surface area contributed by atoms with E-state index in [1.54, 1.807) is 0 Å². The second kappa shape index (κ2) is 6.48. The Morgan fingerprint density at radius 3 is 2.63 bits per heavy atom. The second-order valence-corrected chi connectivity index (χ2v) is 8.29. The molecule has 0 radical (unpaired) electrons. The smallest absolute Gasteiger partial charge is 0.259 e. The third kappa shape index (κ3) is 2.49. The Balaban J connectivity index is 1.52. The molecule has 1 saturated heterocycles. The van der Waals surface area contributed by atoms with Crippen molar-refractivity contribution in [3.8, 4) is 0 Å². The fourth-order valence-corrected chi connectivity index (χ4v) is 5.18. The van der Waals surface area contributed by atoms with Crippen molar-refractivity contribution in [1.29, 1.82) is 0 Å². The summed E-state index contributed by atoms with van der Waals surface area (Å²) in [6.07, 6.45) is 2.67. The van der Waals surface area contributed by atoms with E-state index in [0.717, 1.165) is 65.3 Å². The summed E-state index contributed by atoms with van der Waals surface area (Å²) in [5.41, 5.74) is 5.54. The summed E-state index contributed by atoms with van der Waals surface area (Å²) in [5, 5.41) is 4.07. The van der Waals surface area contributed by atoms with Crippen molar-refractivity contribution in [2.45, 2.75) is 19.3 Å². The summed E-state index contributed by atoms with van der Waals surface area (Å²) in [5.74, 6) is -0.601. The van der Waals surface area contributed by atoms with Crippen LogP contribution in [-0.2, 0) is 17.6 Å². The minimum Gasteiger partial charge on any atom is -0.379 e. The van der Waals surface area contributed by atoms with Crippen LogP contribution in [0.4, 0.5) is 0 Å². The Morgan fingerprint density at radius 1 is 1.03 bits per heavy atom. The maximum atomic E-state index is 12.9. The molecule has 0 saturated carbocycles. The van der Waals surface area contributed by atoms with E-state index in [0.29, 0.717) is 36.4 Å². The highest BCUT2D eigenvalue weighted by molar-refractivity contribution is 6.31. The summed E-state index contributed by atoms with van der Waals surface area (Å²) in [7, 11) is 0. The number of carbonyl (C=O) groups excluding carboxylic acids is 3. The van der Waals surface area contributed by atoms with Crippen LogP contribution >= 0.6 is 0 Å². The fourth-order valence-electron chi connectivity index (χ4n) is 5.18. The molecule has 6 rings (SSSR count). The van der Waals surface area contributed by atoms with Gasteiger partial charge in [-0.2, -0.15) is 0 Å². The van der Waals surface area contributed by atoms with Crippen LogP contribution in [0.3, 0.4) is 0 Å². The van der Waals surface area contributed by atoms with Gasteiger partial charge in [-0.25, -0.2) is 0 Å². The first kappa shape index (κ1) is 17.8. The van der Waals surface area contributed by atoms with Crippen molar-refractivity contribution in [2.24, 2.45) is 0 Å². The van der Waals surface area contributed by atoms with Gasteiger partial charge in [-0.1, -0.05) is 0 Å². The average molecular weight is 403 g/mol. The van der Waals surface area contributed by atoms with E-state index < -0.39 is 0 Å². The third-order valence-electron chi connectivity index (χ3n) is 6.59. The molecule has 2 aliphatic heterocycles. The number of benzene rings is 2. The molecular formula is C23H21N3O4. The zero-order valence-corrected chi connectivity index (χ0v) is 16.5. The van der Waals surface area contributed by atoms with Gasteiger partial charge in [0.15, 0.2) is 5.78 Å². The highest BCUT2D eigenvalue weighted by atomic mass is 16.5. The molecule has 30 heavy (non-hydrogen) atoms. The van der Waals surface area contributed by atoms with E-state index >= 15 is 0 Å². The minimum absolute atomic E-state index is 0.0477. The first-order chi connectivity index (χ1) is 14.6.